The van der Waals surface area contributed by atoms with E-state index in [9.17, 15) is 19.2 Å². The van der Waals surface area contributed by atoms with Crippen LogP contribution in [0.2, 0.25) is 0 Å². The molecule has 0 unspecified atom stereocenters. The summed E-state index contributed by atoms with van der Waals surface area (Å²) in [5.74, 6) is 0. The van der Waals surface area contributed by atoms with Crippen LogP contribution in [0.1, 0.15) is 0 Å². The third-order valence-electron chi connectivity index (χ3n) is 4.47. The number of nitrogens with zero attached hydrogens (tertiary/aromatic N) is 2. The average Bonchev–Trinajstić information content (AvgIpc) is 3.06. The van der Waals surface area contributed by atoms with E-state index in [0.717, 1.165) is 8.80 Å². The van der Waals surface area contributed by atoms with Gasteiger partial charge in [-0.15, -0.1) is 0 Å². The van der Waals surface area contributed by atoms with Crippen LogP contribution in [0.3, 0.4) is 0 Å². The summed E-state index contributed by atoms with van der Waals surface area (Å²) in [6, 6.07) is 13.0. The van der Waals surface area contributed by atoms with Crippen LogP contribution < -0.4 is 22.0 Å². The smallest absolute Gasteiger partial charge is 0.287 e. The molecule has 0 saturated carbocycles. The molecule has 0 amide bonds. The Morgan fingerprint density at radius 1 is 0.542 bits per heavy atom. The molecule has 0 saturated heterocycles. The number of fused-ring (bicyclic) bond motifs is 7. The first-order valence-corrected chi connectivity index (χ1v) is 7.31. The molecule has 0 bridgehead atoms. The number of rotatable bonds is 0. The number of aromatic nitrogens is 2. The van der Waals surface area contributed by atoms with E-state index in [0.29, 0.717) is 21.8 Å². The van der Waals surface area contributed by atoms with Crippen molar-refractivity contribution in [1.29, 1.82) is 0 Å². The minimum Gasteiger partial charge on any atom is -0.287 e. The number of para-hydroxylation sites is 2. The highest BCUT2D eigenvalue weighted by atomic mass is 16.2. The van der Waals surface area contributed by atoms with Gasteiger partial charge in [0.15, 0.2) is 0 Å². The molecule has 5 rings (SSSR count). The van der Waals surface area contributed by atoms with Crippen LogP contribution in [0.25, 0.3) is 32.8 Å². The van der Waals surface area contributed by atoms with Gasteiger partial charge in [0.2, 0.25) is 10.9 Å². The maximum Gasteiger partial charge on any atom is 0.322 e. The van der Waals surface area contributed by atoms with Crippen molar-refractivity contribution in [2.24, 2.45) is 0 Å². The molecule has 0 radical (unpaired) electrons. The Labute approximate surface area is 132 Å². The Morgan fingerprint density at radius 3 is 1.33 bits per heavy atom. The van der Waals surface area contributed by atoms with Crippen molar-refractivity contribution >= 4 is 32.8 Å². The summed E-state index contributed by atoms with van der Waals surface area (Å²) in [4.78, 5) is 50.8. The van der Waals surface area contributed by atoms with E-state index in [-0.39, 0.29) is 11.0 Å². The highest BCUT2D eigenvalue weighted by Gasteiger charge is 2.22. The second kappa shape index (κ2) is 4.05. The van der Waals surface area contributed by atoms with E-state index < -0.39 is 22.0 Å². The monoisotopic (exact) mass is 316 g/mol. The molecule has 0 aliphatic rings. The van der Waals surface area contributed by atoms with Gasteiger partial charge in [-0.25, -0.2) is 0 Å². The molecular weight excluding hydrogens is 308 g/mol. The summed E-state index contributed by atoms with van der Waals surface area (Å²) in [6.07, 6.45) is 0. The lowest BCUT2D eigenvalue weighted by Gasteiger charge is -1.98. The first-order chi connectivity index (χ1) is 11.6. The van der Waals surface area contributed by atoms with Crippen molar-refractivity contribution in [2.75, 3.05) is 0 Å². The molecule has 3 aromatic heterocycles. The van der Waals surface area contributed by atoms with E-state index >= 15 is 0 Å². The lowest BCUT2D eigenvalue weighted by Crippen LogP contribution is -2.36. The van der Waals surface area contributed by atoms with Gasteiger partial charge in [-0.05, 0) is 24.3 Å². The van der Waals surface area contributed by atoms with E-state index in [1.807, 2.05) is 0 Å². The standard InChI is InChI=1S/C18H8N2O4/c21-15-9-5-1-3-7-11(9)19-13(15)14-16(22)10-6-2-4-8-12(10)20(14)18(24)17(19)23/h1-8H. The van der Waals surface area contributed by atoms with Gasteiger partial charge < -0.3 is 0 Å². The molecule has 3 heterocycles. The largest absolute Gasteiger partial charge is 0.322 e. The fraction of sp³-hybridized carbons (Fsp3) is 0. The van der Waals surface area contributed by atoms with Crippen molar-refractivity contribution in [3.8, 4) is 0 Å². The van der Waals surface area contributed by atoms with E-state index in [1.54, 1.807) is 48.5 Å². The van der Waals surface area contributed by atoms with Crippen LogP contribution in [0.15, 0.2) is 67.7 Å². The molecule has 0 spiro atoms. The van der Waals surface area contributed by atoms with Crippen LogP contribution in [-0.4, -0.2) is 8.80 Å². The van der Waals surface area contributed by atoms with Crippen molar-refractivity contribution in [2.45, 2.75) is 0 Å². The second-order valence-corrected chi connectivity index (χ2v) is 5.67. The zero-order chi connectivity index (χ0) is 16.6. The molecule has 0 atom stereocenters. The first kappa shape index (κ1) is 13.0. The summed E-state index contributed by atoms with van der Waals surface area (Å²) in [5, 5.41) is 0.624. The Balaban J connectivity index is 2.36. The SMILES string of the molecule is O=c1c2ccccc2n2c(=O)c(=O)n3c4ccccc4c(=O)c3c12. The van der Waals surface area contributed by atoms with E-state index in [2.05, 4.69) is 0 Å². The molecule has 0 fully saturated rings. The van der Waals surface area contributed by atoms with Gasteiger partial charge in [-0.2, -0.15) is 0 Å². The number of hydrogen-bond acceptors (Lipinski definition) is 4. The molecule has 5 aromatic rings. The van der Waals surface area contributed by atoms with Crippen molar-refractivity contribution in [3.05, 3.63) is 89.7 Å². The lowest BCUT2D eigenvalue weighted by atomic mass is 10.2. The minimum atomic E-state index is -0.837. The second-order valence-electron chi connectivity index (χ2n) is 5.67. The van der Waals surface area contributed by atoms with Crippen LogP contribution in [0.4, 0.5) is 0 Å². The van der Waals surface area contributed by atoms with Gasteiger partial charge in [0.05, 0.1) is 11.0 Å². The van der Waals surface area contributed by atoms with Gasteiger partial charge in [-0.3, -0.25) is 28.0 Å². The molecule has 6 nitrogen and oxygen atoms in total. The van der Waals surface area contributed by atoms with Gasteiger partial charge in [0.1, 0.15) is 11.0 Å². The molecule has 6 heteroatoms. The molecule has 0 N–H and O–H groups in total. The number of benzene rings is 2. The molecule has 0 aliphatic heterocycles. The predicted molar refractivity (Wildman–Crippen MR) is 90.8 cm³/mol. The molecule has 2 aromatic carbocycles. The highest BCUT2D eigenvalue weighted by Crippen LogP contribution is 2.18. The molecule has 24 heavy (non-hydrogen) atoms. The van der Waals surface area contributed by atoms with Crippen molar-refractivity contribution in [1.82, 2.24) is 8.80 Å². The Kier molecular flexibility index (Phi) is 2.19. The summed E-state index contributed by atoms with van der Waals surface area (Å²) >= 11 is 0. The van der Waals surface area contributed by atoms with Crippen molar-refractivity contribution in [3.63, 3.8) is 0 Å². The zero-order valence-corrected chi connectivity index (χ0v) is 12.1. The Hall–Kier alpha value is -3.54. The predicted octanol–water partition coefficient (Wildman–Crippen LogP) is 0.815. The molecular formula is C18H8N2O4. The van der Waals surface area contributed by atoms with E-state index in [4.69, 9.17) is 0 Å². The fourth-order valence-corrected chi connectivity index (χ4v) is 3.46. The summed E-state index contributed by atoms with van der Waals surface area (Å²) in [7, 11) is 0. The maximum absolute atomic E-state index is 12.8. The summed E-state index contributed by atoms with van der Waals surface area (Å²) in [5.41, 5.74) is -1.92. The normalized spacial score (nSPS) is 12.0. The topological polar surface area (TPSA) is 77.1 Å². The Bertz CT molecular complexity index is 1410. The maximum atomic E-state index is 12.8. The highest BCUT2D eigenvalue weighted by molar-refractivity contribution is 5.98. The van der Waals surface area contributed by atoms with Gasteiger partial charge in [0, 0.05) is 10.8 Å². The molecule has 0 aliphatic carbocycles. The van der Waals surface area contributed by atoms with Crippen molar-refractivity contribution < 1.29 is 0 Å². The third-order valence-corrected chi connectivity index (χ3v) is 4.47. The van der Waals surface area contributed by atoms with Crippen LogP contribution in [-0.2, 0) is 0 Å². The average molecular weight is 316 g/mol. The summed E-state index contributed by atoms with van der Waals surface area (Å²) < 4.78 is 2.13. The van der Waals surface area contributed by atoms with Crippen LogP contribution in [0, 0.1) is 0 Å². The molecule has 114 valence electrons. The first-order valence-electron chi connectivity index (χ1n) is 7.31. The fourth-order valence-electron chi connectivity index (χ4n) is 3.46. The Morgan fingerprint density at radius 2 is 0.917 bits per heavy atom. The van der Waals surface area contributed by atoms with Gasteiger partial charge in [0.25, 0.3) is 0 Å². The van der Waals surface area contributed by atoms with Gasteiger partial charge in [-0.1, -0.05) is 24.3 Å². The zero-order valence-electron chi connectivity index (χ0n) is 12.1. The van der Waals surface area contributed by atoms with Crippen LogP contribution >= 0.6 is 0 Å². The lowest BCUT2D eigenvalue weighted by molar-refractivity contribution is 1.03. The third kappa shape index (κ3) is 1.27. The van der Waals surface area contributed by atoms with E-state index in [1.165, 1.54) is 0 Å². The summed E-state index contributed by atoms with van der Waals surface area (Å²) in [6.45, 7) is 0. The minimum absolute atomic E-state index is 0.0398. The van der Waals surface area contributed by atoms with Gasteiger partial charge >= 0.3 is 11.1 Å². The quantitative estimate of drug-likeness (QED) is 0.396. The number of hydrogen-bond donors (Lipinski definition) is 0. The van der Waals surface area contributed by atoms with Crippen LogP contribution in [0.5, 0.6) is 0 Å².